The summed E-state index contributed by atoms with van der Waals surface area (Å²) in [7, 11) is 0. The summed E-state index contributed by atoms with van der Waals surface area (Å²) in [6.07, 6.45) is -5.64. The van der Waals surface area contributed by atoms with Gasteiger partial charge in [-0.3, -0.25) is 28.8 Å². The highest BCUT2D eigenvalue weighted by Gasteiger charge is 2.33. The number of alkyl halides is 3. The van der Waals surface area contributed by atoms with E-state index in [1.807, 2.05) is 0 Å². The summed E-state index contributed by atoms with van der Waals surface area (Å²) in [6, 6.07) is 0.517. The Labute approximate surface area is 239 Å². The average molecular weight is 605 g/mol. The molecule has 16 heteroatoms. The predicted molar refractivity (Wildman–Crippen MR) is 140 cm³/mol. The highest BCUT2D eigenvalue weighted by molar-refractivity contribution is 5.96. The summed E-state index contributed by atoms with van der Waals surface area (Å²) >= 11 is 0. The number of ether oxygens (including phenoxy) is 1. The van der Waals surface area contributed by atoms with Gasteiger partial charge in [0.15, 0.2) is 5.78 Å². The number of carboxylic acids is 1. The Morgan fingerprint density at radius 1 is 0.857 bits per heavy atom. The number of Topliss-reactive ketones (excluding diaryl/α,β-unsaturated/α-hetero) is 1. The molecule has 4 amide bonds. The van der Waals surface area contributed by atoms with Gasteiger partial charge >= 0.3 is 12.1 Å². The quantitative estimate of drug-likeness (QED) is 0.152. The van der Waals surface area contributed by atoms with Gasteiger partial charge in [0, 0.05) is 13.3 Å². The van der Waals surface area contributed by atoms with Crippen LogP contribution in [0.1, 0.15) is 39.7 Å². The van der Waals surface area contributed by atoms with Crippen LogP contribution in [0.15, 0.2) is 24.3 Å². The van der Waals surface area contributed by atoms with Gasteiger partial charge in [-0.05, 0) is 30.5 Å². The lowest BCUT2D eigenvalue weighted by molar-refractivity contribution is -0.176. The Hall–Kier alpha value is -4.21. The minimum absolute atomic E-state index is 0.00223. The molecule has 0 aliphatic heterocycles. The maximum absolute atomic E-state index is 13.1. The van der Waals surface area contributed by atoms with E-state index in [-0.39, 0.29) is 12.2 Å². The van der Waals surface area contributed by atoms with Crippen LogP contribution in [0.5, 0.6) is 5.75 Å². The number of aliphatic carboxylic acids is 1. The van der Waals surface area contributed by atoms with Crippen molar-refractivity contribution in [3.8, 4) is 5.75 Å². The van der Waals surface area contributed by atoms with E-state index in [0.29, 0.717) is 5.56 Å². The van der Waals surface area contributed by atoms with Crippen molar-refractivity contribution >= 4 is 35.4 Å². The summed E-state index contributed by atoms with van der Waals surface area (Å²) in [6.45, 7) is 2.75. The fourth-order valence-corrected chi connectivity index (χ4v) is 3.56. The van der Waals surface area contributed by atoms with E-state index in [1.54, 1.807) is 26.0 Å². The first-order chi connectivity index (χ1) is 19.4. The van der Waals surface area contributed by atoms with E-state index in [4.69, 9.17) is 5.11 Å². The molecule has 1 rings (SSSR count). The molecule has 0 aliphatic rings. The van der Waals surface area contributed by atoms with Crippen molar-refractivity contribution in [2.45, 2.75) is 70.9 Å². The topological polar surface area (TPSA) is 200 Å². The van der Waals surface area contributed by atoms with Gasteiger partial charge in [0.2, 0.25) is 23.6 Å². The lowest BCUT2D eigenvalue weighted by Crippen LogP contribution is -2.58. The van der Waals surface area contributed by atoms with Gasteiger partial charge in [0.05, 0.1) is 6.42 Å². The van der Waals surface area contributed by atoms with Crippen LogP contribution in [-0.2, 0) is 39.9 Å². The van der Waals surface area contributed by atoms with Gasteiger partial charge in [0.1, 0.15) is 43.1 Å². The fourth-order valence-electron chi connectivity index (χ4n) is 3.56. The number of hydrogen-bond donors (Lipinski definition) is 6. The summed E-state index contributed by atoms with van der Waals surface area (Å²) in [5.41, 5.74) is 0.604. The molecule has 1 aromatic rings. The Balaban J connectivity index is 2.91. The molecule has 13 nitrogen and oxygen atoms in total. The molecule has 0 fully saturated rings. The summed E-state index contributed by atoms with van der Waals surface area (Å²) in [5, 5.41) is 28.0. The largest absolute Gasteiger partial charge is 0.508 e. The number of aromatic hydroxyl groups is 1. The van der Waals surface area contributed by atoms with E-state index in [2.05, 4.69) is 26.0 Å². The predicted octanol–water partition coefficient (Wildman–Crippen LogP) is 0.192. The summed E-state index contributed by atoms with van der Waals surface area (Å²) in [5.74, 6) is -6.22. The molecule has 0 unspecified atom stereocenters. The standard InChI is InChI=1S/C26H35F3N4O9/c1-13(2)22(33-24(40)19(31-15(4)34)9-16-5-7-17(35)8-6-16)25(41)30-14(3)23(39)32-18(10-21(37)38)20(36)11-42-12-26(27,28)29/h5-8,13-14,18-19,22,35H,9-12H2,1-4H3,(H,30,41)(H,31,34)(H,32,39)(H,33,40)(H,37,38)/t14-,18-,19-,22-/m0/s1. The number of benzene rings is 1. The van der Waals surface area contributed by atoms with Crippen molar-refractivity contribution in [1.82, 2.24) is 21.3 Å². The molecular formula is C26H35F3N4O9. The van der Waals surface area contributed by atoms with Gasteiger partial charge in [-0.2, -0.15) is 13.2 Å². The van der Waals surface area contributed by atoms with Gasteiger partial charge in [-0.1, -0.05) is 26.0 Å². The van der Waals surface area contributed by atoms with E-state index in [0.717, 1.165) is 0 Å². The Bertz CT molecular complexity index is 1130. The number of nitrogens with one attached hydrogen (secondary N) is 4. The molecular weight excluding hydrogens is 569 g/mol. The van der Waals surface area contributed by atoms with Crippen LogP contribution in [0.25, 0.3) is 0 Å². The SMILES string of the molecule is CC(=O)N[C@@H](Cc1ccc(O)cc1)C(=O)N[C@H](C(=O)N[C@@H](C)C(=O)N[C@@H](CC(=O)O)C(=O)COCC(F)(F)F)C(C)C. The maximum Gasteiger partial charge on any atom is 0.411 e. The lowest BCUT2D eigenvalue weighted by Gasteiger charge is -2.27. The Morgan fingerprint density at radius 3 is 1.95 bits per heavy atom. The Kier molecular flexibility index (Phi) is 13.9. The summed E-state index contributed by atoms with van der Waals surface area (Å²) in [4.78, 5) is 73.7. The van der Waals surface area contributed by atoms with Crippen molar-refractivity contribution in [3.63, 3.8) is 0 Å². The van der Waals surface area contributed by atoms with Crippen molar-refractivity contribution in [3.05, 3.63) is 29.8 Å². The van der Waals surface area contributed by atoms with Gasteiger partial charge in [-0.15, -0.1) is 0 Å². The number of phenolic OH excluding ortho intramolecular Hbond substituents is 1. The molecule has 0 saturated carbocycles. The van der Waals surface area contributed by atoms with Crippen molar-refractivity contribution in [2.24, 2.45) is 5.92 Å². The molecule has 4 atom stereocenters. The van der Waals surface area contributed by atoms with E-state index < -0.39 is 91.3 Å². The van der Waals surface area contributed by atoms with Crippen LogP contribution < -0.4 is 21.3 Å². The molecule has 0 heterocycles. The monoisotopic (exact) mass is 604 g/mol. The van der Waals surface area contributed by atoms with E-state index in [1.165, 1.54) is 26.0 Å². The van der Waals surface area contributed by atoms with Crippen molar-refractivity contribution in [2.75, 3.05) is 13.2 Å². The molecule has 0 bridgehead atoms. The van der Waals surface area contributed by atoms with Crippen LogP contribution in [0.2, 0.25) is 0 Å². The lowest BCUT2D eigenvalue weighted by atomic mass is 10.0. The first-order valence-electron chi connectivity index (χ1n) is 12.7. The van der Waals surface area contributed by atoms with Crippen molar-refractivity contribution < 1.29 is 56.9 Å². The van der Waals surface area contributed by atoms with Crippen molar-refractivity contribution in [1.29, 1.82) is 0 Å². The average Bonchev–Trinajstić information content (AvgIpc) is 2.85. The number of carboxylic acid groups (broad SMARTS) is 1. The molecule has 0 spiro atoms. The molecule has 0 aromatic heterocycles. The van der Waals surface area contributed by atoms with Crippen LogP contribution >= 0.6 is 0 Å². The Morgan fingerprint density at radius 2 is 1.45 bits per heavy atom. The smallest absolute Gasteiger partial charge is 0.411 e. The maximum atomic E-state index is 13.1. The second-order valence-electron chi connectivity index (χ2n) is 9.82. The second-order valence-corrected chi connectivity index (χ2v) is 9.82. The molecule has 0 saturated heterocycles. The van der Waals surface area contributed by atoms with E-state index >= 15 is 0 Å². The minimum atomic E-state index is -4.72. The molecule has 0 aliphatic carbocycles. The zero-order valence-electron chi connectivity index (χ0n) is 23.4. The van der Waals surface area contributed by atoms with Gasteiger partial charge in [0.25, 0.3) is 0 Å². The first-order valence-corrected chi connectivity index (χ1v) is 12.7. The van der Waals surface area contributed by atoms with Crippen LogP contribution in [0.3, 0.4) is 0 Å². The number of phenols is 1. The van der Waals surface area contributed by atoms with Gasteiger partial charge < -0.3 is 36.2 Å². The molecule has 1 aromatic carbocycles. The normalized spacial score (nSPS) is 14.2. The van der Waals surface area contributed by atoms with Gasteiger partial charge in [-0.25, -0.2) is 0 Å². The number of rotatable bonds is 16. The molecule has 0 radical (unpaired) electrons. The third kappa shape index (κ3) is 13.4. The zero-order valence-corrected chi connectivity index (χ0v) is 23.4. The summed E-state index contributed by atoms with van der Waals surface area (Å²) < 4.78 is 41.1. The second kappa shape index (κ2) is 16.3. The number of amides is 4. The fraction of sp³-hybridized carbons (Fsp3) is 0.538. The minimum Gasteiger partial charge on any atom is -0.508 e. The molecule has 234 valence electrons. The van der Waals surface area contributed by atoms with Crippen LogP contribution in [0, 0.1) is 5.92 Å². The number of carbonyl (C=O) groups is 6. The van der Waals surface area contributed by atoms with Crippen LogP contribution in [-0.4, -0.2) is 89.2 Å². The highest BCUT2D eigenvalue weighted by Crippen LogP contribution is 2.15. The van der Waals surface area contributed by atoms with E-state index in [9.17, 15) is 47.0 Å². The van der Waals surface area contributed by atoms with Crippen LogP contribution in [0.4, 0.5) is 13.2 Å². The number of hydrogen-bond acceptors (Lipinski definition) is 8. The zero-order chi connectivity index (χ0) is 32.2. The number of ketones is 1. The third-order valence-corrected chi connectivity index (χ3v) is 5.66. The third-order valence-electron chi connectivity index (χ3n) is 5.66. The molecule has 6 N–H and O–H groups in total. The highest BCUT2D eigenvalue weighted by atomic mass is 19.4. The number of halogens is 3. The molecule has 42 heavy (non-hydrogen) atoms. The number of carbonyl (C=O) groups excluding carboxylic acids is 5. The first kappa shape index (κ1) is 35.8.